The molecule has 0 aliphatic rings. The number of hydrogen-bond acceptors (Lipinski definition) is 6. The SMILES string of the molecule is COc1cccc(Cn2c(C)cc(OCc3ccc(F)cc3CNC(=O)Nc3cc(C(C)(C)C)nn3-c3cccc(OC)c3)c(Cl)c2=O)c1. The molecule has 0 bridgehead atoms. The van der Waals surface area contributed by atoms with Crippen LogP contribution in [-0.4, -0.2) is 34.6 Å². The number of rotatable bonds is 11. The molecule has 5 rings (SSSR count). The van der Waals surface area contributed by atoms with Crippen LogP contribution in [0.1, 0.15) is 48.8 Å². The van der Waals surface area contributed by atoms with Crippen molar-refractivity contribution in [2.24, 2.45) is 0 Å². The van der Waals surface area contributed by atoms with Gasteiger partial charge in [0, 0.05) is 35.9 Å². The minimum absolute atomic E-state index is 0.00337. The van der Waals surface area contributed by atoms with E-state index >= 15 is 0 Å². The van der Waals surface area contributed by atoms with Gasteiger partial charge in [-0.15, -0.1) is 0 Å². The lowest BCUT2D eigenvalue weighted by molar-refractivity contribution is 0.251. The van der Waals surface area contributed by atoms with Crippen molar-refractivity contribution in [2.45, 2.75) is 52.8 Å². The predicted octanol–water partition coefficient (Wildman–Crippen LogP) is 7.40. The Labute approximate surface area is 289 Å². The van der Waals surface area contributed by atoms with Crippen molar-refractivity contribution >= 4 is 23.4 Å². The van der Waals surface area contributed by atoms with Crippen LogP contribution in [0.15, 0.2) is 83.7 Å². The second kappa shape index (κ2) is 14.9. The van der Waals surface area contributed by atoms with Gasteiger partial charge in [-0.1, -0.05) is 56.6 Å². The third-order valence-corrected chi connectivity index (χ3v) is 8.25. The van der Waals surface area contributed by atoms with Gasteiger partial charge in [0.25, 0.3) is 5.56 Å². The molecular formula is C37H39ClFN5O5. The van der Waals surface area contributed by atoms with Gasteiger partial charge in [0.1, 0.15) is 40.5 Å². The molecule has 2 N–H and O–H groups in total. The Morgan fingerprint density at radius 1 is 0.939 bits per heavy atom. The number of aryl methyl sites for hydroxylation is 1. The molecule has 0 fully saturated rings. The van der Waals surface area contributed by atoms with Crippen molar-refractivity contribution in [2.75, 3.05) is 19.5 Å². The van der Waals surface area contributed by atoms with Gasteiger partial charge < -0.3 is 24.1 Å². The summed E-state index contributed by atoms with van der Waals surface area (Å²) in [6, 6.07) is 22.0. The van der Waals surface area contributed by atoms with Gasteiger partial charge in [0.15, 0.2) is 0 Å². The van der Waals surface area contributed by atoms with Gasteiger partial charge in [-0.05, 0) is 60.0 Å². The number of ether oxygens (including phenoxy) is 3. The maximum Gasteiger partial charge on any atom is 0.320 e. The van der Waals surface area contributed by atoms with E-state index in [1.54, 1.807) is 42.5 Å². The fourth-order valence-electron chi connectivity index (χ4n) is 5.14. The lowest BCUT2D eigenvalue weighted by atomic mass is 9.92. The number of nitrogens with one attached hydrogen (secondary N) is 2. The minimum Gasteiger partial charge on any atom is -0.497 e. The van der Waals surface area contributed by atoms with Crippen LogP contribution in [0.5, 0.6) is 17.2 Å². The quantitative estimate of drug-likeness (QED) is 0.150. The van der Waals surface area contributed by atoms with Gasteiger partial charge >= 0.3 is 6.03 Å². The standard InChI is InChI=1S/C37H39ClFN5O5/c1-23-15-31(34(38)35(45)43(23)21-24-9-7-11-29(16-24)47-5)49-22-25-13-14-27(39)17-26(25)20-40-36(46)41-33-19-32(37(2,3)4)42-44(33)28-10-8-12-30(18-28)48-6/h7-19H,20-22H2,1-6H3,(H2,40,41,46). The van der Waals surface area contributed by atoms with E-state index in [0.29, 0.717) is 46.4 Å². The van der Waals surface area contributed by atoms with Crippen molar-refractivity contribution in [1.29, 1.82) is 0 Å². The first-order chi connectivity index (χ1) is 23.4. The normalized spacial score (nSPS) is 11.3. The average molecular weight is 688 g/mol. The van der Waals surface area contributed by atoms with E-state index in [9.17, 15) is 14.0 Å². The molecule has 3 aromatic carbocycles. The molecule has 0 atom stereocenters. The Morgan fingerprint density at radius 2 is 1.65 bits per heavy atom. The zero-order valence-electron chi connectivity index (χ0n) is 28.3. The molecule has 2 heterocycles. The van der Waals surface area contributed by atoms with E-state index in [-0.39, 0.29) is 29.3 Å². The molecule has 0 saturated carbocycles. The van der Waals surface area contributed by atoms with E-state index in [2.05, 4.69) is 10.6 Å². The van der Waals surface area contributed by atoms with Crippen LogP contribution >= 0.6 is 11.6 Å². The lowest BCUT2D eigenvalue weighted by Crippen LogP contribution is -2.29. The number of urea groups is 1. The summed E-state index contributed by atoms with van der Waals surface area (Å²) < 4.78 is 34.2. The number of nitrogens with zero attached hydrogens (tertiary/aromatic N) is 3. The number of methoxy groups -OCH3 is 2. The number of aromatic nitrogens is 3. The van der Waals surface area contributed by atoms with Crippen LogP contribution in [0, 0.1) is 12.7 Å². The summed E-state index contributed by atoms with van der Waals surface area (Å²) in [5, 5.41) is 10.3. The van der Waals surface area contributed by atoms with Crippen LogP contribution < -0.4 is 30.4 Å². The van der Waals surface area contributed by atoms with E-state index < -0.39 is 17.4 Å². The van der Waals surface area contributed by atoms with E-state index in [1.807, 2.05) is 75.4 Å². The smallest absolute Gasteiger partial charge is 0.320 e. The number of pyridine rings is 1. The summed E-state index contributed by atoms with van der Waals surface area (Å²) in [4.78, 5) is 26.4. The Balaban J connectivity index is 1.30. The van der Waals surface area contributed by atoms with Gasteiger partial charge in [0.05, 0.1) is 32.1 Å². The van der Waals surface area contributed by atoms with E-state index in [4.69, 9.17) is 30.9 Å². The van der Waals surface area contributed by atoms with E-state index in [0.717, 1.165) is 11.3 Å². The van der Waals surface area contributed by atoms with Crippen LogP contribution in [0.25, 0.3) is 5.69 Å². The maximum atomic E-state index is 14.4. The highest BCUT2D eigenvalue weighted by molar-refractivity contribution is 6.31. The zero-order valence-corrected chi connectivity index (χ0v) is 29.0. The monoisotopic (exact) mass is 687 g/mol. The zero-order chi connectivity index (χ0) is 35.3. The highest BCUT2D eigenvalue weighted by atomic mass is 35.5. The maximum absolute atomic E-state index is 14.4. The van der Waals surface area contributed by atoms with Crippen LogP contribution in [0.2, 0.25) is 5.02 Å². The highest BCUT2D eigenvalue weighted by Gasteiger charge is 2.22. The molecule has 0 spiro atoms. The van der Waals surface area contributed by atoms with Gasteiger partial charge in [-0.3, -0.25) is 10.1 Å². The molecule has 2 amide bonds. The number of benzene rings is 3. The second-order valence-corrected chi connectivity index (χ2v) is 12.9. The number of hydrogen-bond donors (Lipinski definition) is 2. The fourth-order valence-corrected chi connectivity index (χ4v) is 5.35. The van der Waals surface area contributed by atoms with Crippen molar-refractivity contribution in [3.05, 3.63) is 128 Å². The van der Waals surface area contributed by atoms with Gasteiger partial charge in [0.2, 0.25) is 0 Å². The molecule has 0 saturated heterocycles. The molecule has 2 aromatic heterocycles. The molecule has 0 unspecified atom stereocenters. The Hall–Kier alpha value is -5.29. The van der Waals surface area contributed by atoms with Gasteiger partial charge in [-0.2, -0.15) is 5.10 Å². The largest absolute Gasteiger partial charge is 0.497 e. The van der Waals surface area contributed by atoms with Crippen molar-refractivity contribution in [3.8, 4) is 22.9 Å². The minimum atomic E-state index is -0.515. The molecule has 49 heavy (non-hydrogen) atoms. The molecule has 5 aromatic rings. The third-order valence-electron chi connectivity index (χ3n) is 7.90. The van der Waals surface area contributed by atoms with Crippen LogP contribution in [0.3, 0.4) is 0 Å². The summed E-state index contributed by atoms with van der Waals surface area (Å²) in [5.74, 6) is 1.51. The fraction of sp³-hybridized carbons (Fsp3) is 0.270. The number of carbonyl (C=O) groups excluding carboxylic acids is 1. The summed E-state index contributed by atoms with van der Waals surface area (Å²) in [7, 11) is 3.16. The van der Waals surface area contributed by atoms with E-state index in [1.165, 1.54) is 12.1 Å². The Bertz CT molecular complexity index is 2030. The number of carbonyl (C=O) groups is 1. The Morgan fingerprint density at radius 3 is 2.37 bits per heavy atom. The first-order valence-electron chi connectivity index (χ1n) is 15.6. The number of halogens is 2. The predicted molar refractivity (Wildman–Crippen MR) is 188 cm³/mol. The van der Waals surface area contributed by atoms with Crippen molar-refractivity contribution in [1.82, 2.24) is 19.7 Å². The second-order valence-electron chi connectivity index (χ2n) is 12.5. The molecule has 12 heteroatoms. The third kappa shape index (κ3) is 8.42. The summed E-state index contributed by atoms with van der Waals surface area (Å²) in [5.41, 5.74) is 3.41. The lowest BCUT2D eigenvalue weighted by Gasteiger charge is -2.16. The first-order valence-corrected chi connectivity index (χ1v) is 16.0. The molecule has 0 aliphatic carbocycles. The van der Waals surface area contributed by atoms with Crippen molar-refractivity contribution < 1.29 is 23.4 Å². The first kappa shape index (κ1) is 35.0. The Kier molecular flexibility index (Phi) is 10.6. The molecule has 256 valence electrons. The van der Waals surface area contributed by atoms with Crippen molar-refractivity contribution in [3.63, 3.8) is 0 Å². The van der Waals surface area contributed by atoms with Crippen LogP contribution in [-0.2, 0) is 25.1 Å². The molecular weight excluding hydrogens is 649 g/mol. The summed E-state index contributed by atoms with van der Waals surface area (Å²) >= 11 is 6.49. The van der Waals surface area contributed by atoms with Gasteiger partial charge in [-0.25, -0.2) is 13.9 Å². The molecule has 0 radical (unpaired) electrons. The molecule has 0 aliphatic heterocycles. The molecule has 10 nitrogen and oxygen atoms in total. The number of anilines is 1. The number of amides is 2. The summed E-state index contributed by atoms with van der Waals surface area (Å²) in [6.45, 7) is 8.17. The van der Waals surface area contributed by atoms with Crippen LogP contribution in [0.4, 0.5) is 15.0 Å². The average Bonchev–Trinajstić information content (AvgIpc) is 3.52. The summed E-state index contributed by atoms with van der Waals surface area (Å²) in [6.07, 6.45) is 0. The topological polar surface area (TPSA) is 109 Å². The highest BCUT2D eigenvalue weighted by Crippen LogP contribution is 2.28.